The van der Waals surface area contributed by atoms with Crippen LogP contribution in [0.1, 0.15) is 61.3 Å². The molecule has 3 aromatic rings. The predicted octanol–water partition coefficient (Wildman–Crippen LogP) is 4.13. The van der Waals surface area contributed by atoms with Gasteiger partial charge in [0, 0.05) is 24.8 Å². The first-order chi connectivity index (χ1) is 15.2. The van der Waals surface area contributed by atoms with E-state index in [9.17, 15) is 0 Å². The van der Waals surface area contributed by atoms with Crippen LogP contribution in [-0.4, -0.2) is 36.2 Å². The maximum Gasteiger partial charge on any atom is 0.148 e. The van der Waals surface area contributed by atoms with Crippen LogP contribution in [0.4, 0.5) is 11.5 Å². The molecule has 0 spiro atoms. The van der Waals surface area contributed by atoms with Crippen molar-refractivity contribution in [2.24, 2.45) is 0 Å². The van der Waals surface area contributed by atoms with Crippen molar-refractivity contribution in [2.45, 2.75) is 58.7 Å². The molecule has 160 valence electrons. The Labute approximate surface area is 183 Å². The largest absolute Gasteiger partial charge is 0.338 e. The van der Waals surface area contributed by atoms with Crippen LogP contribution in [0.2, 0.25) is 0 Å². The molecule has 4 rings (SSSR count). The number of likely N-dealkylation sites (tertiary alicyclic amines) is 1. The molecule has 0 aromatic carbocycles. The summed E-state index contributed by atoms with van der Waals surface area (Å²) >= 11 is 0. The Morgan fingerprint density at radius 1 is 1.19 bits per heavy atom. The fourth-order valence-corrected chi connectivity index (χ4v) is 3.97. The molecular weight excluding hydrogens is 388 g/mol. The van der Waals surface area contributed by atoms with E-state index in [1.54, 1.807) is 18.5 Å². The van der Waals surface area contributed by atoms with Crippen LogP contribution in [0.15, 0.2) is 36.9 Å². The monoisotopic (exact) mass is 416 g/mol. The SMILES string of the molecule is CCCCn1cc(CN2CCC[C@H]2c2cnc(Nc3ccc(C#N)nc3)cn2)c(C)n1. The number of hydrogen-bond donors (Lipinski definition) is 1. The summed E-state index contributed by atoms with van der Waals surface area (Å²) in [6, 6.07) is 5.77. The second-order valence-electron chi connectivity index (χ2n) is 7.98. The van der Waals surface area contributed by atoms with Crippen molar-refractivity contribution in [3.05, 3.63) is 59.6 Å². The average Bonchev–Trinajstić information content (AvgIpc) is 3.40. The van der Waals surface area contributed by atoms with E-state index in [1.165, 1.54) is 12.0 Å². The minimum Gasteiger partial charge on any atom is -0.338 e. The van der Waals surface area contributed by atoms with Gasteiger partial charge in [0.25, 0.3) is 0 Å². The molecule has 1 atom stereocenters. The second kappa shape index (κ2) is 9.67. The molecule has 0 aliphatic carbocycles. The molecule has 1 aliphatic rings. The van der Waals surface area contributed by atoms with Crippen molar-refractivity contribution < 1.29 is 0 Å². The molecule has 0 unspecified atom stereocenters. The fraction of sp³-hybridized carbons (Fsp3) is 0.435. The number of nitrogens with one attached hydrogen (secondary N) is 1. The van der Waals surface area contributed by atoms with Crippen molar-refractivity contribution >= 4 is 11.5 Å². The quantitative estimate of drug-likeness (QED) is 0.590. The van der Waals surface area contributed by atoms with Gasteiger partial charge in [-0.15, -0.1) is 0 Å². The van der Waals surface area contributed by atoms with Crippen LogP contribution in [0.5, 0.6) is 0 Å². The first kappa shape index (κ1) is 20.9. The number of unbranched alkanes of at least 4 members (excludes halogenated alkanes) is 1. The van der Waals surface area contributed by atoms with Crippen LogP contribution in [0, 0.1) is 18.3 Å². The van der Waals surface area contributed by atoms with Gasteiger partial charge in [0.05, 0.1) is 41.7 Å². The van der Waals surface area contributed by atoms with Crippen LogP contribution in [-0.2, 0) is 13.1 Å². The number of nitriles is 1. The summed E-state index contributed by atoms with van der Waals surface area (Å²) in [5.74, 6) is 0.660. The van der Waals surface area contributed by atoms with E-state index in [-0.39, 0.29) is 6.04 Å². The maximum absolute atomic E-state index is 8.85. The fourth-order valence-electron chi connectivity index (χ4n) is 3.97. The van der Waals surface area contributed by atoms with E-state index in [1.807, 2.05) is 18.3 Å². The van der Waals surface area contributed by atoms with Gasteiger partial charge in [-0.05, 0) is 44.9 Å². The van der Waals surface area contributed by atoms with Crippen LogP contribution in [0.3, 0.4) is 0 Å². The summed E-state index contributed by atoms with van der Waals surface area (Å²) in [5, 5.41) is 16.7. The van der Waals surface area contributed by atoms with Crippen LogP contribution < -0.4 is 5.32 Å². The maximum atomic E-state index is 8.85. The standard InChI is InChI=1S/C23H28N8/c1-3-4-10-31-16-18(17(2)29-31)15-30-9-5-6-22(30)21-13-27-23(14-26-21)28-20-8-7-19(11-24)25-12-20/h7-8,12-14,16,22H,3-6,9-10,15H2,1-2H3,(H,27,28)/t22-/m0/s1. The van der Waals surface area contributed by atoms with Crippen molar-refractivity contribution in [3.8, 4) is 6.07 Å². The molecular formula is C23H28N8. The third-order valence-electron chi connectivity index (χ3n) is 5.69. The first-order valence-electron chi connectivity index (χ1n) is 10.9. The number of hydrogen-bond acceptors (Lipinski definition) is 7. The third kappa shape index (κ3) is 5.06. The molecule has 1 fully saturated rings. The van der Waals surface area contributed by atoms with Gasteiger partial charge in [0.2, 0.25) is 0 Å². The van der Waals surface area contributed by atoms with E-state index in [4.69, 9.17) is 10.2 Å². The lowest BCUT2D eigenvalue weighted by atomic mass is 10.1. The Kier molecular flexibility index (Phi) is 6.53. The Balaban J connectivity index is 1.41. The number of rotatable bonds is 8. The number of anilines is 2. The third-order valence-corrected chi connectivity index (χ3v) is 5.69. The zero-order valence-corrected chi connectivity index (χ0v) is 18.1. The van der Waals surface area contributed by atoms with E-state index >= 15 is 0 Å². The predicted molar refractivity (Wildman–Crippen MR) is 119 cm³/mol. The summed E-state index contributed by atoms with van der Waals surface area (Å²) in [5.41, 5.74) is 4.57. The Morgan fingerprint density at radius 3 is 2.81 bits per heavy atom. The van der Waals surface area contributed by atoms with Crippen molar-refractivity contribution in [1.29, 1.82) is 5.26 Å². The first-order valence-corrected chi connectivity index (χ1v) is 10.9. The van der Waals surface area contributed by atoms with Crippen molar-refractivity contribution in [1.82, 2.24) is 29.6 Å². The van der Waals surface area contributed by atoms with Gasteiger partial charge in [-0.25, -0.2) is 9.97 Å². The van der Waals surface area contributed by atoms with E-state index in [2.05, 4.69) is 50.0 Å². The van der Waals surface area contributed by atoms with E-state index in [0.29, 0.717) is 11.5 Å². The normalized spacial score (nSPS) is 16.4. The molecule has 8 heteroatoms. The molecule has 8 nitrogen and oxygen atoms in total. The van der Waals surface area contributed by atoms with Crippen LogP contribution in [0.25, 0.3) is 0 Å². The van der Waals surface area contributed by atoms with Gasteiger partial charge in [0.1, 0.15) is 17.6 Å². The van der Waals surface area contributed by atoms with Gasteiger partial charge in [-0.1, -0.05) is 13.3 Å². The van der Waals surface area contributed by atoms with E-state index < -0.39 is 0 Å². The van der Waals surface area contributed by atoms with Crippen molar-refractivity contribution in [3.63, 3.8) is 0 Å². The lowest BCUT2D eigenvalue weighted by molar-refractivity contribution is 0.243. The summed E-state index contributed by atoms with van der Waals surface area (Å²) in [4.78, 5) is 15.8. The molecule has 4 heterocycles. The molecule has 0 bridgehead atoms. The van der Waals surface area contributed by atoms with Gasteiger partial charge in [-0.2, -0.15) is 10.4 Å². The highest BCUT2D eigenvalue weighted by Crippen LogP contribution is 2.32. The van der Waals surface area contributed by atoms with Crippen LogP contribution >= 0.6 is 0 Å². The highest BCUT2D eigenvalue weighted by atomic mass is 15.3. The van der Waals surface area contributed by atoms with Crippen molar-refractivity contribution in [2.75, 3.05) is 11.9 Å². The average molecular weight is 417 g/mol. The number of aryl methyl sites for hydroxylation is 2. The number of aromatic nitrogens is 5. The number of nitrogens with zero attached hydrogens (tertiary/aromatic N) is 7. The zero-order valence-electron chi connectivity index (χ0n) is 18.1. The Morgan fingerprint density at radius 2 is 2.10 bits per heavy atom. The zero-order chi connectivity index (χ0) is 21.6. The van der Waals surface area contributed by atoms with Gasteiger partial charge in [0.15, 0.2) is 0 Å². The Bertz CT molecular complexity index is 1030. The van der Waals surface area contributed by atoms with E-state index in [0.717, 1.165) is 56.0 Å². The molecule has 3 aromatic heterocycles. The molecule has 0 radical (unpaired) electrons. The smallest absolute Gasteiger partial charge is 0.148 e. The molecule has 0 amide bonds. The minimum absolute atomic E-state index is 0.275. The molecule has 1 saturated heterocycles. The summed E-state index contributed by atoms with van der Waals surface area (Å²) in [6.45, 7) is 7.23. The lowest BCUT2D eigenvalue weighted by Gasteiger charge is -2.23. The lowest BCUT2D eigenvalue weighted by Crippen LogP contribution is -2.23. The number of pyridine rings is 1. The minimum atomic E-state index is 0.275. The molecule has 1 aliphatic heterocycles. The van der Waals surface area contributed by atoms with Gasteiger partial charge in [-0.3, -0.25) is 14.6 Å². The molecule has 1 N–H and O–H groups in total. The Hall–Kier alpha value is -3.31. The summed E-state index contributed by atoms with van der Waals surface area (Å²) < 4.78 is 2.08. The molecule has 0 saturated carbocycles. The second-order valence-corrected chi connectivity index (χ2v) is 7.98. The topological polar surface area (TPSA) is 95.6 Å². The van der Waals surface area contributed by atoms with Gasteiger partial charge >= 0.3 is 0 Å². The summed E-state index contributed by atoms with van der Waals surface area (Å²) in [6.07, 6.45) is 12.0. The molecule has 31 heavy (non-hydrogen) atoms. The van der Waals surface area contributed by atoms with Gasteiger partial charge < -0.3 is 5.32 Å². The highest BCUT2D eigenvalue weighted by molar-refractivity contribution is 5.54. The summed E-state index contributed by atoms with van der Waals surface area (Å²) in [7, 11) is 0. The highest BCUT2D eigenvalue weighted by Gasteiger charge is 2.28.